The van der Waals surface area contributed by atoms with Crippen molar-refractivity contribution in [2.24, 2.45) is 4.40 Å². The first-order valence-corrected chi connectivity index (χ1v) is 6.83. The maximum absolute atomic E-state index is 11.7. The number of ether oxygens (including phenoxy) is 1. The molecule has 0 bridgehead atoms. The van der Waals surface area contributed by atoms with Crippen LogP contribution < -0.4 is 0 Å². The maximum atomic E-state index is 11.7. The molecule has 0 aliphatic heterocycles. The van der Waals surface area contributed by atoms with Crippen LogP contribution >= 0.6 is 0 Å². The molecule has 6 heteroatoms. The summed E-state index contributed by atoms with van der Waals surface area (Å²) in [5.74, 6) is -0.777. The van der Waals surface area contributed by atoms with Gasteiger partial charge < -0.3 is 4.74 Å². The van der Waals surface area contributed by atoms with E-state index >= 15 is 0 Å². The molecule has 0 spiro atoms. The first-order chi connectivity index (χ1) is 8.31. The lowest BCUT2D eigenvalue weighted by atomic mass is 10.2. The molecular weight excluding hydrogens is 254 g/mol. The molecule has 0 unspecified atom stereocenters. The van der Waals surface area contributed by atoms with E-state index in [0.717, 1.165) is 5.56 Å². The van der Waals surface area contributed by atoms with Crippen molar-refractivity contribution in [3.63, 3.8) is 0 Å². The minimum absolute atomic E-state index is 0.0432. The van der Waals surface area contributed by atoms with Crippen molar-refractivity contribution in [1.29, 1.82) is 0 Å². The van der Waals surface area contributed by atoms with E-state index in [1.807, 2.05) is 6.92 Å². The Morgan fingerprint density at radius 3 is 2.33 bits per heavy atom. The van der Waals surface area contributed by atoms with E-state index in [-0.39, 0.29) is 11.0 Å². The number of nitrogens with zero attached hydrogens (tertiary/aromatic N) is 1. The number of aryl methyl sites for hydroxylation is 1. The summed E-state index contributed by atoms with van der Waals surface area (Å²) in [5.41, 5.74) is 0.942. The molecule has 0 aliphatic carbocycles. The number of carbonyl (C=O) groups is 1. The van der Waals surface area contributed by atoms with Gasteiger partial charge in [0, 0.05) is 0 Å². The number of esters is 1. The largest absolute Gasteiger partial charge is 0.459 e. The molecule has 0 aliphatic rings. The van der Waals surface area contributed by atoms with Crippen molar-refractivity contribution < 1.29 is 17.9 Å². The normalized spacial score (nSPS) is 12.0. The topological polar surface area (TPSA) is 72.8 Å². The summed E-state index contributed by atoms with van der Waals surface area (Å²) in [6, 6.07) is 6.20. The van der Waals surface area contributed by atoms with Crippen LogP contribution in [-0.2, 0) is 19.6 Å². The molecule has 0 N–H and O–H groups in total. The van der Waals surface area contributed by atoms with E-state index in [1.54, 1.807) is 26.0 Å². The van der Waals surface area contributed by atoms with Gasteiger partial charge in [-0.15, -0.1) is 0 Å². The Balaban J connectivity index is 2.85. The van der Waals surface area contributed by atoms with Gasteiger partial charge in [-0.1, -0.05) is 17.7 Å². The molecular formula is C12H15NO4S. The Hall–Kier alpha value is -1.69. The molecule has 1 rings (SSSR count). The summed E-state index contributed by atoms with van der Waals surface area (Å²) < 4.78 is 31.5. The van der Waals surface area contributed by atoms with Gasteiger partial charge in [0.15, 0.2) is 0 Å². The molecule has 1 aromatic carbocycles. The highest BCUT2D eigenvalue weighted by molar-refractivity contribution is 7.90. The van der Waals surface area contributed by atoms with Gasteiger partial charge in [-0.2, -0.15) is 12.8 Å². The van der Waals surface area contributed by atoms with Gasteiger partial charge in [-0.05, 0) is 32.9 Å². The minimum atomic E-state index is -3.84. The molecule has 5 nitrogen and oxygen atoms in total. The summed E-state index contributed by atoms with van der Waals surface area (Å²) in [5, 5.41) is 0. The number of hydrogen-bond donors (Lipinski definition) is 0. The van der Waals surface area contributed by atoms with Crippen molar-refractivity contribution in [2.75, 3.05) is 0 Å². The lowest BCUT2D eigenvalue weighted by Crippen LogP contribution is -2.13. The van der Waals surface area contributed by atoms with Crippen molar-refractivity contribution >= 4 is 22.2 Å². The first kappa shape index (κ1) is 14.4. The molecule has 0 radical (unpaired) electrons. The quantitative estimate of drug-likeness (QED) is 0.616. The van der Waals surface area contributed by atoms with Crippen LogP contribution in [0.5, 0.6) is 0 Å². The van der Waals surface area contributed by atoms with E-state index in [1.165, 1.54) is 12.1 Å². The summed E-state index contributed by atoms with van der Waals surface area (Å²) >= 11 is 0. The number of carbonyl (C=O) groups excluding carboxylic acids is 1. The standard InChI is InChI=1S/C12H15NO4S/c1-9(2)17-12(14)8-13-18(15,16)11-6-4-10(3)5-7-11/h4-9H,1-3H3/b13-8+. The maximum Gasteiger partial charge on any atom is 0.350 e. The Morgan fingerprint density at radius 1 is 1.28 bits per heavy atom. The van der Waals surface area contributed by atoms with Crippen LogP contribution in [-0.4, -0.2) is 26.7 Å². The lowest BCUT2D eigenvalue weighted by molar-refractivity contribution is -0.138. The highest BCUT2D eigenvalue weighted by Crippen LogP contribution is 2.12. The van der Waals surface area contributed by atoms with E-state index in [0.29, 0.717) is 6.21 Å². The van der Waals surface area contributed by atoms with Crippen molar-refractivity contribution in [2.45, 2.75) is 31.8 Å². The number of rotatable bonds is 4. The second-order valence-electron chi connectivity index (χ2n) is 4.01. The van der Waals surface area contributed by atoms with Crippen LogP contribution in [0.25, 0.3) is 0 Å². The summed E-state index contributed by atoms with van der Waals surface area (Å²) in [4.78, 5) is 11.2. The van der Waals surface area contributed by atoms with E-state index in [2.05, 4.69) is 4.40 Å². The monoisotopic (exact) mass is 269 g/mol. The fraction of sp³-hybridized carbons (Fsp3) is 0.333. The second-order valence-corrected chi connectivity index (χ2v) is 5.64. The molecule has 0 saturated heterocycles. The average molecular weight is 269 g/mol. The van der Waals surface area contributed by atoms with E-state index < -0.39 is 16.0 Å². The zero-order chi connectivity index (χ0) is 13.8. The molecule has 0 fully saturated rings. The van der Waals surface area contributed by atoms with E-state index in [4.69, 9.17) is 4.74 Å². The molecule has 98 valence electrons. The van der Waals surface area contributed by atoms with Gasteiger partial charge >= 0.3 is 5.97 Å². The number of sulfonamides is 1. The minimum Gasteiger partial charge on any atom is -0.459 e. The fourth-order valence-corrected chi connectivity index (χ4v) is 1.97. The van der Waals surface area contributed by atoms with Crippen molar-refractivity contribution in [3.8, 4) is 0 Å². The average Bonchev–Trinajstić information content (AvgIpc) is 2.26. The van der Waals surface area contributed by atoms with Crippen LogP contribution in [0.15, 0.2) is 33.6 Å². The van der Waals surface area contributed by atoms with Gasteiger partial charge in [0.2, 0.25) is 0 Å². The number of benzene rings is 1. The van der Waals surface area contributed by atoms with Crippen molar-refractivity contribution in [3.05, 3.63) is 29.8 Å². The van der Waals surface area contributed by atoms with E-state index in [9.17, 15) is 13.2 Å². The summed E-state index contributed by atoms with van der Waals surface area (Å²) in [7, 11) is -3.84. The molecule has 0 saturated carbocycles. The third-order valence-corrected chi connectivity index (χ3v) is 3.22. The van der Waals surface area contributed by atoms with Crippen LogP contribution in [0, 0.1) is 6.92 Å². The van der Waals surface area contributed by atoms with Gasteiger partial charge in [-0.3, -0.25) is 0 Å². The SMILES string of the molecule is Cc1ccc(S(=O)(=O)/N=C/C(=O)OC(C)C)cc1. The Kier molecular flexibility index (Phi) is 4.61. The fourth-order valence-electron chi connectivity index (χ4n) is 1.15. The van der Waals surface area contributed by atoms with Crippen LogP contribution in [0.1, 0.15) is 19.4 Å². The van der Waals surface area contributed by atoms with Gasteiger partial charge in [0.25, 0.3) is 10.0 Å². The van der Waals surface area contributed by atoms with Gasteiger partial charge in [-0.25, -0.2) is 4.79 Å². The zero-order valence-electron chi connectivity index (χ0n) is 10.5. The van der Waals surface area contributed by atoms with Crippen LogP contribution in [0.2, 0.25) is 0 Å². The third-order valence-electron chi connectivity index (χ3n) is 1.97. The third kappa shape index (κ3) is 4.29. The van der Waals surface area contributed by atoms with Gasteiger partial charge in [0.05, 0.1) is 11.0 Å². The molecule has 0 amide bonds. The predicted molar refractivity (Wildman–Crippen MR) is 68.1 cm³/mol. The molecule has 18 heavy (non-hydrogen) atoms. The predicted octanol–water partition coefficient (Wildman–Crippen LogP) is 1.71. The lowest BCUT2D eigenvalue weighted by Gasteiger charge is -2.03. The van der Waals surface area contributed by atoms with Crippen molar-refractivity contribution in [1.82, 2.24) is 0 Å². The smallest absolute Gasteiger partial charge is 0.350 e. The van der Waals surface area contributed by atoms with Crippen LogP contribution in [0.4, 0.5) is 0 Å². The summed E-state index contributed by atoms with van der Waals surface area (Å²) in [6.45, 7) is 5.18. The number of hydrogen-bond acceptors (Lipinski definition) is 4. The Labute approximate surface area is 107 Å². The highest BCUT2D eigenvalue weighted by atomic mass is 32.2. The molecule has 0 atom stereocenters. The molecule has 0 aromatic heterocycles. The second kappa shape index (κ2) is 5.77. The molecule has 1 aromatic rings. The Morgan fingerprint density at radius 2 is 1.83 bits per heavy atom. The van der Waals surface area contributed by atoms with Crippen LogP contribution in [0.3, 0.4) is 0 Å². The highest BCUT2D eigenvalue weighted by Gasteiger charge is 2.12. The first-order valence-electron chi connectivity index (χ1n) is 5.39. The Bertz CT molecular complexity index is 544. The molecule has 0 heterocycles. The summed E-state index contributed by atoms with van der Waals surface area (Å²) in [6.07, 6.45) is 0.362. The zero-order valence-corrected chi connectivity index (χ0v) is 11.3. The van der Waals surface area contributed by atoms with Gasteiger partial charge in [0.1, 0.15) is 6.21 Å².